The number of hydrogen-bond acceptors (Lipinski definition) is 0. The van der Waals surface area contributed by atoms with E-state index in [9.17, 15) is 13.2 Å². The van der Waals surface area contributed by atoms with Gasteiger partial charge in [0.05, 0.1) is 0 Å². The number of benzene rings is 2. The summed E-state index contributed by atoms with van der Waals surface area (Å²) >= 11 is -2.20. The average Bonchev–Trinajstić information content (AvgIpc) is 3.15. The van der Waals surface area contributed by atoms with E-state index in [1.807, 2.05) is 18.2 Å². The van der Waals surface area contributed by atoms with Crippen molar-refractivity contribution in [2.24, 2.45) is 0 Å². The fourth-order valence-electron chi connectivity index (χ4n) is 5.23. The van der Waals surface area contributed by atoms with E-state index in [1.54, 1.807) is 0 Å². The monoisotopic (exact) mass is 514 g/mol. The van der Waals surface area contributed by atoms with E-state index in [0.29, 0.717) is 9.20 Å². The van der Waals surface area contributed by atoms with Crippen molar-refractivity contribution in [1.29, 1.82) is 0 Å². The molecule has 5 heteroatoms. The Morgan fingerprint density at radius 3 is 1.94 bits per heavy atom. The Morgan fingerprint density at radius 2 is 1.39 bits per heavy atom. The zero-order valence-electron chi connectivity index (χ0n) is 18.8. The Morgan fingerprint density at radius 1 is 0.839 bits per heavy atom. The van der Waals surface area contributed by atoms with E-state index in [4.69, 9.17) is 0 Å². The third kappa shape index (κ3) is 3.72. The maximum absolute atomic E-state index is 14.8. The van der Waals surface area contributed by atoms with Crippen LogP contribution in [-0.2, 0) is 20.4 Å². The molecule has 160 valence electrons. The van der Waals surface area contributed by atoms with Crippen LogP contribution < -0.4 is 0 Å². The number of fused-ring (bicyclic) bond motifs is 1. The second kappa shape index (κ2) is 8.48. The normalized spacial score (nSPS) is 18.6. The Balaban J connectivity index is 1.95. The molecule has 0 saturated carbocycles. The van der Waals surface area contributed by atoms with Gasteiger partial charge in [-0.15, -0.1) is 0 Å². The zero-order valence-corrected chi connectivity index (χ0v) is 22.3. The summed E-state index contributed by atoms with van der Waals surface area (Å²) < 4.78 is 43.9. The van der Waals surface area contributed by atoms with Crippen LogP contribution in [0, 0.1) is 17.5 Å². The molecule has 0 spiro atoms. The van der Waals surface area contributed by atoms with Crippen LogP contribution in [0.1, 0.15) is 48.0 Å². The van der Waals surface area contributed by atoms with Crippen molar-refractivity contribution in [3.63, 3.8) is 0 Å². The van der Waals surface area contributed by atoms with Crippen LogP contribution in [0.2, 0.25) is 16.7 Å². The summed E-state index contributed by atoms with van der Waals surface area (Å²) in [6.07, 6.45) is 2.13. The first-order valence-corrected chi connectivity index (χ1v) is 19.6. The van der Waals surface area contributed by atoms with Gasteiger partial charge in [0, 0.05) is 0 Å². The number of rotatable bonds is 3. The van der Waals surface area contributed by atoms with Crippen molar-refractivity contribution >= 4 is 11.0 Å². The van der Waals surface area contributed by atoms with Crippen LogP contribution in [0.15, 0.2) is 64.8 Å². The van der Waals surface area contributed by atoms with E-state index in [2.05, 4.69) is 52.9 Å². The molecule has 0 bridgehead atoms. The summed E-state index contributed by atoms with van der Waals surface area (Å²) in [7, 11) is 0. The fraction of sp³-hybridized carbons (Fsp3) is 0.308. The van der Waals surface area contributed by atoms with E-state index in [1.165, 1.54) is 27.9 Å². The molecule has 0 aliphatic heterocycles. The first kappa shape index (κ1) is 22.7. The second-order valence-corrected chi connectivity index (χ2v) is 26.9. The molecule has 0 saturated heterocycles. The topological polar surface area (TPSA) is 0 Å². The van der Waals surface area contributed by atoms with Gasteiger partial charge in [-0.25, -0.2) is 0 Å². The zero-order chi connectivity index (χ0) is 22.6. The molecule has 0 amide bonds. The third-order valence-corrected chi connectivity index (χ3v) is 26.7. The Bertz CT molecular complexity index is 1180. The molecule has 0 heterocycles. The van der Waals surface area contributed by atoms with Gasteiger partial charge in [0.15, 0.2) is 0 Å². The van der Waals surface area contributed by atoms with Gasteiger partial charge in [-0.2, -0.15) is 0 Å². The van der Waals surface area contributed by atoms with Gasteiger partial charge < -0.3 is 0 Å². The summed E-state index contributed by atoms with van der Waals surface area (Å²) in [6, 6.07) is 9.59. The minimum absolute atomic E-state index is 0.0987. The van der Waals surface area contributed by atoms with Crippen LogP contribution >= 0.6 is 0 Å². The van der Waals surface area contributed by atoms with Gasteiger partial charge in [0.1, 0.15) is 0 Å². The second-order valence-electron chi connectivity index (χ2n) is 8.89. The van der Waals surface area contributed by atoms with Crippen molar-refractivity contribution in [2.75, 3.05) is 0 Å². The van der Waals surface area contributed by atoms with Gasteiger partial charge in [-0.05, 0) is 0 Å². The van der Waals surface area contributed by atoms with Crippen LogP contribution in [0.3, 0.4) is 0 Å². The van der Waals surface area contributed by atoms with Crippen LogP contribution in [0.4, 0.5) is 13.2 Å². The molecule has 2 aliphatic carbocycles. The average molecular weight is 516 g/mol. The molecule has 1 unspecified atom stereocenters. The molecule has 0 radical (unpaired) electrons. The van der Waals surface area contributed by atoms with E-state index >= 15 is 0 Å². The molecule has 2 aliphatic rings. The maximum atomic E-state index is 14.8. The van der Waals surface area contributed by atoms with Gasteiger partial charge in [0.25, 0.3) is 0 Å². The third-order valence-electron chi connectivity index (χ3n) is 7.03. The van der Waals surface area contributed by atoms with Crippen LogP contribution in [0.25, 0.3) is 5.57 Å². The molecule has 0 nitrogen and oxygen atoms in total. The quantitative estimate of drug-likeness (QED) is 0.364. The summed E-state index contributed by atoms with van der Waals surface area (Å²) in [5, 5.41) is 0. The first-order chi connectivity index (χ1) is 14.6. The first-order valence-electron chi connectivity index (χ1n) is 10.6. The van der Waals surface area contributed by atoms with E-state index in [0.717, 1.165) is 17.7 Å². The summed E-state index contributed by atoms with van der Waals surface area (Å²) in [4.78, 5) is 0. The molecule has 0 N–H and O–H groups in total. The summed E-state index contributed by atoms with van der Waals surface area (Å²) in [5.74, 6) is -2.55. The molecular weight excluding hydrogens is 489 g/mol. The van der Waals surface area contributed by atoms with Crippen LogP contribution in [0.5, 0.6) is 0 Å². The number of hydrogen-bond donors (Lipinski definition) is 0. The molecule has 4 rings (SSSR count). The number of allylic oxidation sites excluding steroid dienone is 5. The molecule has 0 fully saturated rings. The van der Waals surface area contributed by atoms with Crippen LogP contribution in [-0.4, -0.2) is 5.43 Å². The van der Waals surface area contributed by atoms with Gasteiger partial charge in [-0.1, -0.05) is 0 Å². The molecule has 0 aromatic heterocycles. The SMILES string of the molecule is CC1=C(C)[CH]([Zr]([CH]2C=C(c3c(F)cc(F)cc3F)c3ccccc32)=[Si](C)C)C(C)=C1C. The predicted molar refractivity (Wildman–Crippen MR) is 121 cm³/mol. The summed E-state index contributed by atoms with van der Waals surface area (Å²) in [6.45, 7) is 13.8. The molecule has 31 heavy (non-hydrogen) atoms. The Labute approximate surface area is 190 Å². The standard InChI is InChI=1S/C15H8F3.C9H13.C2H6Si.Zr/c16-10-7-13(17)15(14(18)8-10)12-6-5-9-3-1-2-4-11(9)12;1-6-5-7(2)9(4)8(6)3;1-3-2;/h1-8H;5H,1-4H3;1-2H3;. The Kier molecular flexibility index (Phi) is 6.22. The summed E-state index contributed by atoms with van der Waals surface area (Å²) in [5.41, 5.74) is 7.81. The van der Waals surface area contributed by atoms with E-state index < -0.39 is 43.3 Å². The van der Waals surface area contributed by atoms with Crippen molar-refractivity contribution < 1.29 is 33.5 Å². The molecule has 2 aromatic rings. The molecular formula is C26H27F3SiZr. The van der Waals surface area contributed by atoms with Gasteiger partial charge in [0.2, 0.25) is 0 Å². The minimum atomic E-state index is -2.20. The van der Waals surface area contributed by atoms with Gasteiger partial charge >= 0.3 is 191 Å². The van der Waals surface area contributed by atoms with Crippen molar-refractivity contribution in [3.05, 3.63) is 98.9 Å². The number of halogens is 3. The van der Waals surface area contributed by atoms with Crippen molar-refractivity contribution in [3.8, 4) is 0 Å². The predicted octanol–water partition coefficient (Wildman–Crippen LogP) is 7.93. The van der Waals surface area contributed by atoms with Crippen molar-refractivity contribution in [2.45, 2.75) is 48.0 Å². The van der Waals surface area contributed by atoms with Gasteiger partial charge in [-0.3, -0.25) is 0 Å². The Hall–Kier alpha value is -1.45. The molecule has 1 atom stereocenters. The molecule has 2 aromatic carbocycles. The van der Waals surface area contributed by atoms with Crippen molar-refractivity contribution in [1.82, 2.24) is 0 Å². The fourth-order valence-corrected chi connectivity index (χ4v) is 25.8. The van der Waals surface area contributed by atoms with E-state index in [-0.39, 0.29) is 9.19 Å².